The van der Waals surface area contributed by atoms with Gasteiger partial charge in [0.25, 0.3) is 0 Å². The summed E-state index contributed by atoms with van der Waals surface area (Å²) in [6.45, 7) is 0. The van der Waals surface area contributed by atoms with Crippen LogP contribution < -0.4 is 0 Å². The molecule has 11 aromatic rings. The third-order valence-electron chi connectivity index (χ3n) is 9.89. The third-order valence-corrected chi connectivity index (χ3v) is 11.1. The maximum Gasteiger partial charge on any atom is 0.238 e. The van der Waals surface area contributed by atoms with Gasteiger partial charge in [-0.1, -0.05) is 121 Å². The number of fused-ring (bicyclic) bond motifs is 9. The van der Waals surface area contributed by atoms with Gasteiger partial charge in [-0.05, 0) is 42.0 Å². The van der Waals surface area contributed by atoms with Crippen LogP contribution in [0.5, 0.6) is 0 Å². The average molecular weight is 671 g/mol. The van der Waals surface area contributed by atoms with Crippen molar-refractivity contribution in [3.05, 3.63) is 158 Å². The molecule has 238 valence electrons. The van der Waals surface area contributed by atoms with Crippen molar-refractivity contribution in [1.82, 2.24) is 19.5 Å². The maximum atomic E-state index is 6.61. The second-order valence-electron chi connectivity index (χ2n) is 12.8. The minimum atomic E-state index is 0.569. The molecule has 0 radical (unpaired) electrons. The van der Waals surface area contributed by atoms with Crippen LogP contribution in [0.3, 0.4) is 0 Å². The molecule has 0 atom stereocenters. The Morgan fingerprint density at radius 2 is 1.10 bits per heavy atom. The molecule has 0 unspecified atom stereocenters. The second kappa shape index (κ2) is 10.9. The van der Waals surface area contributed by atoms with E-state index in [9.17, 15) is 0 Å². The van der Waals surface area contributed by atoms with Crippen molar-refractivity contribution in [2.75, 3.05) is 0 Å². The monoisotopic (exact) mass is 670 g/mol. The van der Waals surface area contributed by atoms with Gasteiger partial charge < -0.3 is 4.42 Å². The van der Waals surface area contributed by atoms with E-state index in [1.165, 1.54) is 25.7 Å². The van der Waals surface area contributed by atoms with E-state index in [-0.39, 0.29) is 0 Å². The highest BCUT2D eigenvalue weighted by atomic mass is 32.1. The molecule has 0 spiro atoms. The number of aromatic nitrogens is 4. The van der Waals surface area contributed by atoms with E-state index in [1.807, 2.05) is 41.7 Å². The Labute approximate surface area is 295 Å². The van der Waals surface area contributed by atoms with Crippen molar-refractivity contribution in [1.29, 1.82) is 0 Å². The molecule has 0 saturated heterocycles. The Hall–Kier alpha value is -6.63. The van der Waals surface area contributed by atoms with Gasteiger partial charge in [0.1, 0.15) is 11.2 Å². The van der Waals surface area contributed by atoms with Gasteiger partial charge in [-0.2, -0.15) is 9.97 Å². The predicted molar refractivity (Wildman–Crippen MR) is 211 cm³/mol. The Balaban J connectivity index is 1.12. The molecule has 0 amide bonds. The van der Waals surface area contributed by atoms with Gasteiger partial charge in [-0.25, -0.2) is 4.98 Å². The molecule has 0 aliphatic heterocycles. The first-order chi connectivity index (χ1) is 25.3. The quantitative estimate of drug-likeness (QED) is 0.187. The number of nitrogens with zero attached hydrogens (tertiary/aromatic N) is 4. The van der Waals surface area contributed by atoms with E-state index in [0.29, 0.717) is 17.6 Å². The van der Waals surface area contributed by atoms with Crippen LogP contribution in [0.2, 0.25) is 0 Å². The number of furan rings is 1. The lowest BCUT2D eigenvalue weighted by Crippen LogP contribution is -2.06. The molecule has 11 rings (SSSR count). The molecule has 0 N–H and O–H groups in total. The van der Waals surface area contributed by atoms with Crippen LogP contribution in [0.25, 0.3) is 104 Å². The summed E-state index contributed by atoms with van der Waals surface area (Å²) in [7, 11) is 0. The first-order valence-electron chi connectivity index (χ1n) is 16.9. The van der Waals surface area contributed by atoms with Crippen LogP contribution in [0.1, 0.15) is 0 Å². The fourth-order valence-electron chi connectivity index (χ4n) is 7.60. The van der Waals surface area contributed by atoms with E-state index in [0.717, 1.165) is 60.4 Å². The van der Waals surface area contributed by atoms with Gasteiger partial charge in [0, 0.05) is 58.4 Å². The largest absolute Gasteiger partial charge is 0.456 e. The maximum absolute atomic E-state index is 6.61. The summed E-state index contributed by atoms with van der Waals surface area (Å²) < 4.78 is 11.3. The second-order valence-corrected chi connectivity index (χ2v) is 13.8. The number of thiophene rings is 1. The van der Waals surface area contributed by atoms with Crippen LogP contribution >= 0.6 is 11.3 Å². The van der Waals surface area contributed by atoms with E-state index >= 15 is 0 Å². The minimum absolute atomic E-state index is 0.569. The Bertz CT molecular complexity index is 3100. The average Bonchev–Trinajstić information content (AvgIpc) is 3.87. The van der Waals surface area contributed by atoms with E-state index in [1.54, 1.807) is 0 Å². The zero-order valence-electron chi connectivity index (χ0n) is 27.1. The fraction of sp³-hybridized carbons (Fsp3) is 0. The number of para-hydroxylation sites is 2. The summed E-state index contributed by atoms with van der Waals surface area (Å²) >= 11 is 1.85. The Morgan fingerprint density at radius 3 is 1.90 bits per heavy atom. The molecule has 0 aliphatic rings. The van der Waals surface area contributed by atoms with Crippen LogP contribution in [0.15, 0.2) is 162 Å². The molecule has 5 nitrogen and oxygen atoms in total. The number of benzene rings is 7. The summed E-state index contributed by atoms with van der Waals surface area (Å²) in [6, 6.07) is 54.9. The minimum Gasteiger partial charge on any atom is -0.456 e. The molecule has 7 aromatic carbocycles. The first kappa shape index (κ1) is 28.2. The summed E-state index contributed by atoms with van der Waals surface area (Å²) in [4.78, 5) is 15.3. The zero-order chi connectivity index (χ0) is 33.5. The van der Waals surface area contributed by atoms with Gasteiger partial charge >= 0.3 is 0 Å². The zero-order valence-corrected chi connectivity index (χ0v) is 27.9. The standard InChI is InChI=1S/C45H26N4OS/c1-2-12-27(13-3-1)43-46-44(48-45(47-43)49-36-20-7-4-14-29(36)30-15-5-8-21-37(30)49)28-24-25-35-39(26-28)50-38-22-11-17-32(41(35)38)34-19-10-18-33-31-16-6-9-23-40(31)51-42(33)34/h1-26H. The van der Waals surface area contributed by atoms with Crippen molar-refractivity contribution in [2.45, 2.75) is 0 Å². The van der Waals surface area contributed by atoms with Crippen LogP contribution in [0.4, 0.5) is 0 Å². The topological polar surface area (TPSA) is 56.7 Å². The molecular weight excluding hydrogens is 645 g/mol. The lowest BCUT2D eigenvalue weighted by Gasteiger charge is -2.11. The fourth-order valence-corrected chi connectivity index (χ4v) is 8.83. The molecule has 0 aliphatic carbocycles. The highest BCUT2D eigenvalue weighted by molar-refractivity contribution is 7.26. The molecule has 0 saturated carbocycles. The highest BCUT2D eigenvalue weighted by Crippen LogP contribution is 2.44. The highest BCUT2D eigenvalue weighted by Gasteiger charge is 2.20. The molecule has 0 bridgehead atoms. The number of hydrogen-bond acceptors (Lipinski definition) is 5. The molecule has 4 aromatic heterocycles. The molecule has 51 heavy (non-hydrogen) atoms. The van der Waals surface area contributed by atoms with E-state index in [4.69, 9.17) is 19.4 Å². The summed E-state index contributed by atoms with van der Waals surface area (Å²) in [5.41, 5.74) is 7.89. The van der Waals surface area contributed by atoms with Gasteiger partial charge in [0.05, 0.1) is 11.0 Å². The van der Waals surface area contributed by atoms with Crippen molar-refractivity contribution in [3.63, 3.8) is 0 Å². The molecular formula is C45H26N4OS. The predicted octanol–water partition coefficient (Wildman–Crippen LogP) is 12.2. The lowest BCUT2D eigenvalue weighted by molar-refractivity contribution is 0.669. The van der Waals surface area contributed by atoms with Crippen molar-refractivity contribution in [2.24, 2.45) is 0 Å². The molecule has 4 heterocycles. The van der Waals surface area contributed by atoms with Gasteiger partial charge in [0.2, 0.25) is 5.95 Å². The Kier molecular flexibility index (Phi) is 6.05. The first-order valence-corrected chi connectivity index (χ1v) is 17.8. The molecule has 6 heteroatoms. The van der Waals surface area contributed by atoms with Crippen LogP contribution in [-0.4, -0.2) is 19.5 Å². The number of hydrogen-bond donors (Lipinski definition) is 0. The van der Waals surface area contributed by atoms with Crippen molar-refractivity contribution < 1.29 is 4.42 Å². The van der Waals surface area contributed by atoms with E-state index < -0.39 is 0 Å². The number of rotatable bonds is 4. The van der Waals surface area contributed by atoms with Crippen LogP contribution in [0, 0.1) is 0 Å². The lowest BCUT2D eigenvalue weighted by atomic mass is 9.97. The summed E-state index contributed by atoms with van der Waals surface area (Å²) in [5.74, 6) is 1.76. The van der Waals surface area contributed by atoms with Crippen molar-refractivity contribution in [3.8, 4) is 39.9 Å². The Morgan fingerprint density at radius 1 is 0.451 bits per heavy atom. The van der Waals surface area contributed by atoms with Gasteiger partial charge in [-0.3, -0.25) is 4.57 Å². The molecule has 0 fully saturated rings. The van der Waals surface area contributed by atoms with Gasteiger partial charge in [0.15, 0.2) is 11.6 Å². The smallest absolute Gasteiger partial charge is 0.238 e. The summed E-state index contributed by atoms with van der Waals surface area (Å²) in [6.07, 6.45) is 0. The van der Waals surface area contributed by atoms with Crippen molar-refractivity contribution >= 4 is 75.3 Å². The normalized spacial score (nSPS) is 11.9. The van der Waals surface area contributed by atoms with Crippen LogP contribution in [-0.2, 0) is 0 Å². The third kappa shape index (κ3) is 4.30. The van der Waals surface area contributed by atoms with Gasteiger partial charge in [-0.15, -0.1) is 11.3 Å². The summed E-state index contributed by atoms with van der Waals surface area (Å²) in [5, 5.41) is 7.05. The SMILES string of the molecule is c1ccc(-c2nc(-c3ccc4c(c3)oc3cccc(-c5cccc6c5sc5ccccc56)c34)nc(-n3c4ccccc4c4ccccc43)n2)cc1. The van der Waals surface area contributed by atoms with E-state index in [2.05, 4.69) is 132 Å².